The standard InChI is InChI=1S/C18H39N3O5Si3/c1-10-11-13-20-16(22)19(2)17(23)21(18(20)24)14-12-15-28(6,7)26-29(8,9)25-27(3,4)5/h10-15H2,1-9H3. The third-order valence-corrected chi connectivity index (χ3v) is 14.6. The van der Waals surface area contributed by atoms with E-state index in [0.29, 0.717) is 13.0 Å². The van der Waals surface area contributed by atoms with Gasteiger partial charge in [0.1, 0.15) is 0 Å². The number of rotatable bonds is 11. The number of aromatic nitrogens is 3. The summed E-state index contributed by atoms with van der Waals surface area (Å²) in [5, 5.41) is 0. The third kappa shape index (κ3) is 7.96. The summed E-state index contributed by atoms with van der Waals surface area (Å²) in [4.78, 5) is 37.4. The molecule has 0 aliphatic carbocycles. The Labute approximate surface area is 177 Å². The monoisotopic (exact) mass is 461 g/mol. The van der Waals surface area contributed by atoms with Crippen molar-refractivity contribution in [2.75, 3.05) is 0 Å². The van der Waals surface area contributed by atoms with Gasteiger partial charge in [0.15, 0.2) is 16.6 Å². The first-order valence-electron chi connectivity index (χ1n) is 10.4. The van der Waals surface area contributed by atoms with Gasteiger partial charge in [0, 0.05) is 20.1 Å². The highest BCUT2D eigenvalue weighted by atomic mass is 28.5. The van der Waals surface area contributed by atoms with Crippen LogP contribution < -0.4 is 17.1 Å². The molecule has 0 fully saturated rings. The molecule has 29 heavy (non-hydrogen) atoms. The van der Waals surface area contributed by atoms with Crippen LogP contribution in [0.15, 0.2) is 14.4 Å². The van der Waals surface area contributed by atoms with Crippen LogP contribution in [0.2, 0.25) is 51.9 Å². The Kier molecular flexibility index (Phi) is 8.84. The molecule has 1 aromatic heterocycles. The van der Waals surface area contributed by atoms with Gasteiger partial charge in [0.2, 0.25) is 0 Å². The second-order valence-electron chi connectivity index (χ2n) is 9.64. The third-order valence-electron chi connectivity index (χ3n) is 4.47. The van der Waals surface area contributed by atoms with E-state index in [-0.39, 0.29) is 6.54 Å². The average Bonchev–Trinajstić information content (AvgIpc) is 2.52. The zero-order valence-electron chi connectivity index (χ0n) is 19.6. The van der Waals surface area contributed by atoms with Crippen molar-refractivity contribution in [1.29, 1.82) is 0 Å². The molecule has 1 heterocycles. The van der Waals surface area contributed by atoms with E-state index in [1.165, 1.54) is 16.2 Å². The Morgan fingerprint density at radius 1 is 0.759 bits per heavy atom. The minimum Gasteiger partial charge on any atom is -0.437 e. The van der Waals surface area contributed by atoms with Crippen molar-refractivity contribution >= 4 is 25.2 Å². The van der Waals surface area contributed by atoms with E-state index in [0.717, 1.165) is 23.5 Å². The van der Waals surface area contributed by atoms with Gasteiger partial charge in [-0.05, 0) is 64.7 Å². The Bertz CT molecular complexity index is 865. The molecule has 0 atom stereocenters. The molecule has 1 rings (SSSR count). The molecule has 11 heteroatoms. The second-order valence-corrected chi connectivity index (χ2v) is 22.3. The van der Waals surface area contributed by atoms with Crippen molar-refractivity contribution in [1.82, 2.24) is 13.7 Å². The summed E-state index contributed by atoms with van der Waals surface area (Å²) in [5.41, 5.74) is -1.60. The van der Waals surface area contributed by atoms with Crippen molar-refractivity contribution in [2.24, 2.45) is 7.05 Å². The molecule has 0 saturated carbocycles. The molecule has 0 spiro atoms. The smallest absolute Gasteiger partial charge is 0.336 e. The van der Waals surface area contributed by atoms with Crippen molar-refractivity contribution in [3.05, 3.63) is 31.5 Å². The van der Waals surface area contributed by atoms with Crippen molar-refractivity contribution < 1.29 is 8.23 Å². The van der Waals surface area contributed by atoms with E-state index in [1.807, 2.05) is 6.92 Å². The van der Waals surface area contributed by atoms with Crippen LogP contribution in [0.3, 0.4) is 0 Å². The largest absolute Gasteiger partial charge is 0.437 e. The molecule has 0 bridgehead atoms. The Hall–Kier alpha value is -1.02. The van der Waals surface area contributed by atoms with Gasteiger partial charge in [-0.1, -0.05) is 13.3 Å². The maximum Gasteiger partial charge on any atom is 0.336 e. The predicted molar refractivity (Wildman–Crippen MR) is 125 cm³/mol. The topological polar surface area (TPSA) is 84.5 Å². The molecule has 0 aliphatic rings. The summed E-state index contributed by atoms with van der Waals surface area (Å²) in [6.45, 7) is 17.6. The number of hydrogen-bond donors (Lipinski definition) is 0. The van der Waals surface area contributed by atoms with Crippen LogP contribution in [-0.2, 0) is 28.4 Å². The summed E-state index contributed by atoms with van der Waals surface area (Å²) in [7, 11) is -4.50. The summed E-state index contributed by atoms with van der Waals surface area (Å²) in [6.07, 6.45) is 2.24. The van der Waals surface area contributed by atoms with Crippen LogP contribution in [0.4, 0.5) is 0 Å². The molecule has 168 valence electrons. The van der Waals surface area contributed by atoms with Gasteiger partial charge in [-0.2, -0.15) is 0 Å². The Balaban J connectivity index is 2.93. The lowest BCUT2D eigenvalue weighted by Gasteiger charge is -2.37. The minimum absolute atomic E-state index is 0.286. The van der Waals surface area contributed by atoms with Gasteiger partial charge in [-0.25, -0.2) is 28.1 Å². The highest BCUT2D eigenvalue weighted by Crippen LogP contribution is 2.23. The highest BCUT2D eigenvalue weighted by molar-refractivity contribution is 6.87. The Morgan fingerprint density at radius 3 is 1.69 bits per heavy atom. The van der Waals surface area contributed by atoms with Gasteiger partial charge < -0.3 is 8.23 Å². The van der Waals surface area contributed by atoms with Gasteiger partial charge >= 0.3 is 25.6 Å². The van der Waals surface area contributed by atoms with Crippen LogP contribution in [0, 0.1) is 0 Å². The summed E-state index contributed by atoms with van der Waals surface area (Å²) >= 11 is 0. The first-order chi connectivity index (χ1) is 13.1. The molecule has 0 aliphatic heterocycles. The van der Waals surface area contributed by atoms with Gasteiger partial charge in [-0.15, -0.1) is 0 Å². The van der Waals surface area contributed by atoms with Crippen LogP contribution in [0.5, 0.6) is 0 Å². The Morgan fingerprint density at radius 2 is 1.24 bits per heavy atom. The van der Waals surface area contributed by atoms with Crippen LogP contribution in [0.1, 0.15) is 26.2 Å². The highest BCUT2D eigenvalue weighted by Gasteiger charge is 2.37. The summed E-state index contributed by atoms with van der Waals surface area (Å²) in [5.74, 6) is 0. The fraction of sp³-hybridized carbons (Fsp3) is 0.833. The first-order valence-corrected chi connectivity index (χ1v) is 19.8. The van der Waals surface area contributed by atoms with E-state index < -0.39 is 42.3 Å². The van der Waals surface area contributed by atoms with Gasteiger partial charge in [0.05, 0.1) is 0 Å². The van der Waals surface area contributed by atoms with E-state index in [2.05, 4.69) is 45.8 Å². The van der Waals surface area contributed by atoms with Crippen molar-refractivity contribution in [3.8, 4) is 0 Å². The molecule has 1 aromatic rings. The van der Waals surface area contributed by atoms with E-state index in [9.17, 15) is 14.4 Å². The van der Waals surface area contributed by atoms with E-state index in [1.54, 1.807) is 0 Å². The molecule has 0 radical (unpaired) electrons. The van der Waals surface area contributed by atoms with Crippen LogP contribution >= 0.6 is 0 Å². The van der Waals surface area contributed by atoms with Crippen LogP contribution in [-0.4, -0.2) is 38.9 Å². The normalized spacial score (nSPS) is 13.1. The molecule has 0 unspecified atom stereocenters. The predicted octanol–water partition coefficient (Wildman–Crippen LogP) is 2.67. The maximum absolute atomic E-state index is 12.7. The lowest BCUT2D eigenvalue weighted by molar-refractivity contribution is 0.389. The molecule has 0 saturated heterocycles. The van der Waals surface area contributed by atoms with E-state index in [4.69, 9.17) is 8.23 Å². The fourth-order valence-electron chi connectivity index (χ4n) is 3.59. The zero-order chi connectivity index (χ0) is 22.6. The lowest BCUT2D eigenvalue weighted by atomic mass is 10.3. The quantitative estimate of drug-likeness (QED) is 0.473. The first kappa shape index (κ1) is 26.0. The number of unbranched alkanes of at least 4 members (excludes halogenated alkanes) is 1. The SMILES string of the molecule is CCCCn1c(=O)n(C)c(=O)n(CCC[Si](C)(C)O[Si](C)(C)O[Si](C)(C)C)c1=O. The van der Waals surface area contributed by atoms with Gasteiger partial charge in [0.25, 0.3) is 0 Å². The summed E-state index contributed by atoms with van der Waals surface area (Å²) in [6, 6.07) is 0.808. The number of nitrogens with zero attached hydrogens (tertiary/aromatic N) is 3. The van der Waals surface area contributed by atoms with Crippen LogP contribution in [0.25, 0.3) is 0 Å². The molecular formula is C18H39N3O5Si3. The summed E-state index contributed by atoms with van der Waals surface area (Å²) < 4.78 is 16.1. The van der Waals surface area contributed by atoms with Crippen molar-refractivity contribution in [3.63, 3.8) is 0 Å². The molecule has 0 N–H and O–H groups in total. The molecule has 8 nitrogen and oxygen atoms in total. The fourth-order valence-corrected chi connectivity index (χ4v) is 16.8. The molecule has 0 aromatic carbocycles. The van der Waals surface area contributed by atoms with Crippen molar-refractivity contribution in [2.45, 2.75) is 91.1 Å². The number of hydrogen-bond acceptors (Lipinski definition) is 5. The van der Waals surface area contributed by atoms with E-state index >= 15 is 0 Å². The molecule has 0 amide bonds. The van der Waals surface area contributed by atoms with Gasteiger partial charge in [-0.3, -0.25) is 0 Å². The lowest BCUT2D eigenvalue weighted by Crippen LogP contribution is -2.54. The minimum atomic E-state index is -2.22. The average molecular weight is 462 g/mol. The zero-order valence-corrected chi connectivity index (χ0v) is 22.6. The molecular weight excluding hydrogens is 422 g/mol. The second kappa shape index (κ2) is 9.86. The maximum atomic E-state index is 12.7.